The standard InChI is InChI=1S/C9H16N2.C8H14N2/c1-6(2)9-7(3)10-11(5)8(9)4;1-5(2)8-6(3)9-10-7(8)4/h6H,1-5H3;5H,1-4H3,(H,9,10). The first-order valence-corrected chi connectivity index (χ1v) is 7.68. The second-order valence-corrected chi connectivity index (χ2v) is 6.37. The first-order valence-electron chi connectivity index (χ1n) is 7.68. The van der Waals surface area contributed by atoms with Crippen LogP contribution < -0.4 is 0 Å². The van der Waals surface area contributed by atoms with Gasteiger partial charge in [-0.1, -0.05) is 27.7 Å². The Bertz CT molecular complexity index is 569. The predicted molar refractivity (Wildman–Crippen MR) is 88.9 cm³/mol. The average molecular weight is 290 g/mol. The van der Waals surface area contributed by atoms with Gasteiger partial charge in [-0.05, 0) is 50.7 Å². The van der Waals surface area contributed by atoms with E-state index in [-0.39, 0.29) is 0 Å². The molecule has 2 heterocycles. The van der Waals surface area contributed by atoms with Crippen molar-refractivity contribution in [1.29, 1.82) is 0 Å². The summed E-state index contributed by atoms with van der Waals surface area (Å²) in [4.78, 5) is 0. The second-order valence-electron chi connectivity index (χ2n) is 6.37. The summed E-state index contributed by atoms with van der Waals surface area (Å²) in [5, 5.41) is 11.4. The molecule has 0 saturated carbocycles. The minimum absolute atomic E-state index is 0.582. The van der Waals surface area contributed by atoms with Crippen LogP contribution in [0.25, 0.3) is 0 Å². The van der Waals surface area contributed by atoms with E-state index in [1.54, 1.807) is 0 Å². The third-order valence-electron chi connectivity index (χ3n) is 3.90. The molecule has 0 saturated heterocycles. The van der Waals surface area contributed by atoms with Crippen LogP contribution in [0, 0.1) is 27.7 Å². The fourth-order valence-corrected chi connectivity index (χ4v) is 3.04. The van der Waals surface area contributed by atoms with Crippen LogP contribution >= 0.6 is 0 Å². The largest absolute Gasteiger partial charge is 0.282 e. The second kappa shape index (κ2) is 6.92. The lowest BCUT2D eigenvalue weighted by atomic mass is 10.0. The molecule has 0 unspecified atom stereocenters. The van der Waals surface area contributed by atoms with Gasteiger partial charge in [-0.3, -0.25) is 9.78 Å². The molecule has 0 aromatic carbocycles. The van der Waals surface area contributed by atoms with E-state index in [1.807, 2.05) is 18.7 Å². The Kier molecular flexibility index (Phi) is 5.76. The molecule has 4 heteroatoms. The van der Waals surface area contributed by atoms with Gasteiger partial charge in [-0.25, -0.2) is 0 Å². The number of nitrogens with zero attached hydrogens (tertiary/aromatic N) is 3. The predicted octanol–water partition coefficient (Wildman–Crippen LogP) is 4.31. The number of hydrogen-bond acceptors (Lipinski definition) is 2. The van der Waals surface area contributed by atoms with E-state index >= 15 is 0 Å². The SMILES string of the molecule is Cc1n[nH]c(C)c1C(C)C.Cc1nn(C)c(C)c1C(C)C. The molecule has 0 bridgehead atoms. The first-order chi connectivity index (χ1) is 9.66. The van der Waals surface area contributed by atoms with E-state index in [9.17, 15) is 0 Å². The first kappa shape index (κ1) is 17.5. The molecule has 0 aliphatic carbocycles. The average Bonchev–Trinajstić information content (AvgIpc) is 2.80. The van der Waals surface area contributed by atoms with Crippen molar-refractivity contribution in [2.75, 3.05) is 0 Å². The molecule has 2 aromatic rings. The van der Waals surface area contributed by atoms with E-state index in [1.165, 1.54) is 28.2 Å². The lowest BCUT2D eigenvalue weighted by molar-refractivity contribution is 0.728. The summed E-state index contributed by atoms with van der Waals surface area (Å²) < 4.78 is 1.95. The molecule has 4 nitrogen and oxygen atoms in total. The molecular weight excluding hydrogens is 260 g/mol. The van der Waals surface area contributed by atoms with Crippen LogP contribution in [-0.4, -0.2) is 20.0 Å². The minimum atomic E-state index is 0.582. The third-order valence-corrected chi connectivity index (χ3v) is 3.90. The number of aryl methyl sites for hydroxylation is 4. The number of hydrogen-bond donors (Lipinski definition) is 1. The van der Waals surface area contributed by atoms with Gasteiger partial charge in [0.25, 0.3) is 0 Å². The molecule has 21 heavy (non-hydrogen) atoms. The van der Waals surface area contributed by atoms with Crippen LogP contribution in [0.5, 0.6) is 0 Å². The monoisotopic (exact) mass is 290 g/mol. The van der Waals surface area contributed by atoms with Crippen molar-refractivity contribution in [3.63, 3.8) is 0 Å². The Hall–Kier alpha value is -1.58. The highest BCUT2D eigenvalue weighted by Crippen LogP contribution is 2.21. The topological polar surface area (TPSA) is 46.5 Å². The van der Waals surface area contributed by atoms with Gasteiger partial charge in [0, 0.05) is 18.4 Å². The van der Waals surface area contributed by atoms with Gasteiger partial charge in [-0.15, -0.1) is 0 Å². The summed E-state index contributed by atoms with van der Waals surface area (Å²) in [6.45, 7) is 17.1. The molecule has 0 spiro atoms. The van der Waals surface area contributed by atoms with E-state index in [4.69, 9.17) is 0 Å². The lowest BCUT2D eigenvalue weighted by Gasteiger charge is -2.04. The van der Waals surface area contributed by atoms with Crippen LogP contribution in [0.4, 0.5) is 0 Å². The zero-order chi connectivity index (χ0) is 16.3. The number of nitrogens with one attached hydrogen (secondary N) is 1. The summed E-state index contributed by atoms with van der Waals surface area (Å²) in [5.74, 6) is 1.17. The fourth-order valence-electron chi connectivity index (χ4n) is 3.04. The summed E-state index contributed by atoms with van der Waals surface area (Å²) in [6, 6.07) is 0. The molecule has 1 N–H and O–H groups in total. The van der Waals surface area contributed by atoms with Crippen molar-refractivity contribution in [1.82, 2.24) is 20.0 Å². The normalized spacial score (nSPS) is 11.0. The van der Waals surface area contributed by atoms with Gasteiger partial charge in [0.15, 0.2) is 0 Å². The summed E-state index contributed by atoms with van der Waals surface area (Å²) in [5.41, 5.74) is 7.55. The Morgan fingerprint density at radius 3 is 1.57 bits per heavy atom. The van der Waals surface area contributed by atoms with Crippen molar-refractivity contribution >= 4 is 0 Å². The third kappa shape index (κ3) is 3.96. The van der Waals surface area contributed by atoms with Crippen molar-refractivity contribution in [3.05, 3.63) is 33.9 Å². The van der Waals surface area contributed by atoms with Gasteiger partial charge >= 0.3 is 0 Å². The van der Waals surface area contributed by atoms with E-state index in [0.29, 0.717) is 11.8 Å². The molecular formula is C17H30N4. The number of rotatable bonds is 2. The number of aromatic amines is 1. The molecule has 118 valence electrons. The Morgan fingerprint density at radius 1 is 0.857 bits per heavy atom. The molecule has 0 atom stereocenters. The number of aromatic nitrogens is 4. The summed E-state index contributed by atoms with van der Waals surface area (Å²) in [7, 11) is 1.99. The summed E-state index contributed by atoms with van der Waals surface area (Å²) >= 11 is 0. The highest BCUT2D eigenvalue weighted by atomic mass is 15.3. The van der Waals surface area contributed by atoms with Crippen LogP contribution in [-0.2, 0) is 7.05 Å². The van der Waals surface area contributed by atoms with Crippen LogP contribution in [0.15, 0.2) is 0 Å². The Morgan fingerprint density at radius 2 is 1.38 bits per heavy atom. The van der Waals surface area contributed by atoms with E-state index < -0.39 is 0 Å². The molecule has 0 amide bonds. The Balaban J connectivity index is 0.000000211. The smallest absolute Gasteiger partial charge is 0.0630 e. The van der Waals surface area contributed by atoms with Crippen molar-refractivity contribution in [2.24, 2.45) is 7.05 Å². The number of H-pyrrole nitrogens is 1. The van der Waals surface area contributed by atoms with Gasteiger partial charge in [-0.2, -0.15) is 10.2 Å². The maximum atomic E-state index is 4.35. The van der Waals surface area contributed by atoms with Crippen molar-refractivity contribution in [2.45, 2.75) is 67.2 Å². The quantitative estimate of drug-likeness (QED) is 0.895. The van der Waals surface area contributed by atoms with Gasteiger partial charge in [0.1, 0.15) is 0 Å². The van der Waals surface area contributed by atoms with E-state index in [2.05, 4.69) is 63.8 Å². The fraction of sp³-hybridized carbons (Fsp3) is 0.647. The van der Waals surface area contributed by atoms with Crippen LogP contribution in [0.2, 0.25) is 0 Å². The van der Waals surface area contributed by atoms with Crippen LogP contribution in [0.1, 0.15) is 73.4 Å². The van der Waals surface area contributed by atoms with Crippen LogP contribution in [0.3, 0.4) is 0 Å². The highest BCUT2D eigenvalue weighted by Gasteiger charge is 2.11. The zero-order valence-corrected chi connectivity index (χ0v) is 15.0. The maximum absolute atomic E-state index is 4.35. The van der Waals surface area contributed by atoms with Gasteiger partial charge in [0.05, 0.1) is 11.4 Å². The maximum Gasteiger partial charge on any atom is 0.0630 e. The lowest BCUT2D eigenvalue weighted by Crippen LogP contribution is -1.94. The molecule has 2 aromatic heterocycles. The highest BCUT2D eigenvalue weighted by molar-refractivity contribution is 5.27. The van der Waals surface area contributed by atoms with E-state index in [0.717, 1.165) is 5.69 Å². The minimum Gasteiger partial charge on any atom is -0.282 e. The summed E-state index contributed by atoms with van der Waals surface area (Å²) in [6.07, 6.45) is 0. The van der Waals surface area contributed by atoms with Gasteiger partial charge < -0.3 is 0 Å². The molecule has 2 rings (SSSR count). The molecule has 0 aliphatic rings. The molecule has 0 radical (unpaired) electrons. The van der Waals surface area contributed by atoms with Crippen molar-refractivity contribution in [3.8, 4) is 0 Å². The molecule has 0 aliphatic heterocycles. The van der Waals surface area contributed by atoms with Crippen molar-refractivity contribution < 1.29 is 0 Å². The van der Waals surface area contributed by atoms with Gasteiger partial charge in [0.2, 0.25) is 0 Å². The zero-order valence-electron chi connectivity index (χ0n) is 15.0. The Labute approximate surface area is 129 Å². The molecule has 0 fully saturated rings.